The van der Waals surface area contributed by atoms with E-state index in [4.69, 9.17) is 0 Å². The van der Waals surface area contributed by atoms with Gasteiger partial charge in [0.1, 0.15) is 22.7 Å². The zero-order chi connectivity index (χ0) is 23.5. The third kappa shape index (κ3) is 4.35. The molecule has 2 heterocycles. The first kappa shape index (κ1) is 22.6. The smallest absolute Gasteiger partial charge is 0.262 e. The largest absolute Gasteiger partial charge is 0.345 e. The predicted molar refractivity (Wildman–Crippen MR) is 131 cm³/mol. The SMILES string of the molecule is Cc1cc(/C=C(\C#N)C(=O)N[C@@H](C)c2ccccc2)c(C)n1-c1sc2c(c1C#N)CCCC2. The van der Waals surface area contributed by atoms with Crippen LogP contribution < -0.4 is 5.32 Å². The fourth-order valence-corrected chi connectivity index (χ4v) is 5.92. The Morgan fingerprint density at radius 2 is 1.91 bits per heavy atom. The van der Waals surface area contributed by atoms with Crippen LogP contribution in [0.1, 0.15) is 64.3 Å². The van der Waals surface area contributed by atoms with Crippen LogP contribution in [-0.2, 0) is 17.6 Å². The number of carbonyl (C=O) groups excluding carboxylic acids is 1. The zero-order valence-corrected chi connectivity index (χ0v) is 19.9. The number of fused-ring (bicyclic) bond motifs is 1. The van der Waals surface area contributed by atoms with E-state index in [-0.39, 0.29) is 11.6 Å². The molecule has 1 N–H and O–H groups in total. The lowest BCUT2D eigenvalue weighted by molar-refractivity contribution is -0.117. The van der Waals surface area contributed by atoms with Gasteiger partial charge in [0, 0.05) is 16.3 Å². The number of aromatic nitrogens is 1. The molecular formula is C27H26N4OS. The van der Waals surface area contributed by atoms with Crippen molar-refractivity contribution in [2.45, 2.75) is 52.5 Å². The lowest BCUT2D eigenvalue weighted by Gasteiger charge is -2.13. The number of amides is 1. The fraction of sp³-hybridized carbons (Fsp3) is 0.296. The first-order valence-electron chi connectivity index (χ1n) is 11.2. The quantitative estimate of drug-likeness (QED) is 0.397. The molecule has 0 aliphatic heterocycles. The van der Waals surface area contributed by atoms with Gasteiger partial charge in [-0.3, -0.25) is 4.79 Å². The molecule has 4 rings (SSSR count). The topological polar surface area (TPSA) is 81.6 Å². The van der Waals surface area contributed by atoms with Crippen molar-refractivity contribution in [3.8, 4) is 17.1 Å². The van der Waals surface area contributed by atoms with Gasteiger partial charge in [-0.05, 0) is 75.3 Å². The number of benzene rings is 1. The maximum Gasteiger partial charge on any atom is 0.262 e. The molecule has 0 bridgehead atoms. The van der Waals surface area contributed by atoms with E-state index in [2.05, 4.69) is 22.0 Å². The normalized spacial score (nSPS) is 14.2. The molecule has 166 valence electrons. The van der Waals surface area contributed by atoms with Crippen molar-refractivity contribution in [2.75, 3.05) is 0 Å². The summed E-state index contributed by atoms with van der Waals surface area (Å²) in [6.45, 7) is 5.86. The van der Waals surface area contributed by atoms with Crippen LogP contribution in [0.25, 0.3) is 11.1 Å². The van der Waals surface area contributed by atoms with E-state index in [1.807, 2.05) is 57.2 Å². The van der Waals surface area contributed by atoms with E-state index in [0.717, 1.165) is 58.8 Å². The van der Waals surface area contributed by atoms with Crippen LogP contribution in [0, 0.1) is 36.5 Å². The van der Waals surface area contributed by atoms with E-state index in [1.165, 1.54) is 10.4 Å². The van der Waals surface area contributed by atoms with Gasteiger partial charge >= 0.3 is 0 Å². The molecule has 1 aromatic carbocycles. The Hall–Kier alpha value is -3.61. The van der Waals surface area contributed by atoms with Gasteiger partial charge in [-0.1, -0.05) is 30.3 Å². The van der Waals surface area contributed by atoms with Gasteiger partial charge in [-0.2, -0.15) is 10.5 Å². The van der Waals surface area contributed by atoms with E-state index >= 15 is 0 Å². The molecule has 5 nitrogen and oxygen atoms in total. The van der Waals surface area contributed by atoms with Crippen LogP contribution in [0.5, 0.6) is 0 Å². The van der Waals surface area contributed by atoms with Gasteiger partial charge < -0.3 is 9.88 Å². The van der Waals surface area contributed by atoms with Crippen molar-refractivity contribution in [1.29, 1.82) is 10.5 Å². The number of aryl methyl sites for hydroxylation is 2. The second-order valence-electron chi connectivity index (χ2n) is 8.44. The van der Waals surface area contributed by atoms with Crippen molar-refractivity contribution in [2.24, 2.45) is 0 Å². The highest BCUT2D eigenvalue weighted by Crippen LogP contribution is 2.38. The Labute approximate surface area is 198 Å². The molecule has 1 aliphatic rings. The highest BCUT2D eigenvalue weighted by molar-refractivity contribution is 7.15. The van der Waals surface area contributed by atoms with Crippen molar-refractivity contribution < 1.29 is 4.79 Å². The molecule has 3 aromatic rings. The van der Waals surface area contributed by atoms with Crippen LogP contribution in [0.3, 0.4) is 0 Å². The van der Waals surface area contributed by atoms with Gasteiger partial charge in [0.2, 0.25) is 0 Å². The summed E-state index contributed by atoms with van der Waals surface area (Å²) in [6.07, 6.45) is 5.92. The Morgan fingerprint density at radius 3 is 2.61 bits per heavy atom. The molecule has 1 aliphatic carbocycles. The summed E-state index contributed by atoms with van der Waals surface area (Å²) in [6, 6.07) is 15.9. The van der Waals surface area contributed by atoms with E-state index in [9.17, 15) is 15.3 Å². The van der Waals surface area contributed by atoms with Crippen molar-refractivity contribution in [1.82, 2.24) is 9.88 Å². The van der Waals surface area contributed by atoms with Gasteiger partial charge in [0.15, 0.2) is 0 Å². The fourth-order valence-electron chi connectivity index (χ4n) is 4.47. The molecule has 0 fully saturated rings. The molecule has 1 amide bonds. The standard InChI is InChI=1S/C27H26N4OS/c1-17-13-21(14-22(15-28)26(32)30-18(2)20-9-5-4-6-10-20)19(3)31(17)27-24(16-29)23-11-7-8-12-25(23)33-27/h4-6,9-10,13-14,18H,7-8,11-12H2,1-3H3,(H,30,32)/b22-14+/t18-/m0/s1. The minimum Gasteiger partial charge on any atom is -0.345 e. The van der Waals surface area contributed by atoms with Crippen molar-refractivity contribution >= 4 is 23.3 Å². The number of rotatable bonds is 5. The number of hydrogen-bond acceptors (Lipinski definition) is 4. The number of nitrogens with one attached hydrogen (secondary N) is 1. The monoisotopic (exact) mass is 454 g/mol. The van der Waals surface area contributed by atoms with Crippen LogP contribution in [0.4, 0.5) is 0 Å². The second kappa shape index (κ2) is 9.48. The third-order valence-electron chi connectivity index (χ3n) is 6.25. The molecule has 2 aromatic heterocycles. The summed E-state index contributed by atoms with van der Waals surface area (Å²) in [5.41, 5.74) is 5.70. The van der Waals surface area contributed by atoms with Gasteiger partial charge in [0.25, 0.3) is 5.91 Å². The molecule has 0 spiro atoms. The van der Waals surface area contributed by atoms with E-state index < -0.39 is 5.91 Å². The molecular weight excluding hydrogens is 428 g/mol. The van der Waals surface area contributed by atoms with Crippen molar-refractivity contribution in [3.05, 3.63) is 80.5 Å². The maximum absolute atomic E-state index is 12.8. The van der Waals surface area contributed by atoms with E-state index in [0.29, 0.717) is 0 Å². The Morgan fingerprint density at radius 1 is 1.18 bits per heavy atom. The van der Waals surface area contributed by atoms with Gasteiger partial charge in [-0.15, -0.1) is 11.3 Å². The van der Waals surface area contributed by atoms with Gasteiger partial charge in [-0.25, -0.2) is 0 Å². The number of hydrogen-bond donors (Lipinski definition) is 1. The molecule has 0 saturated heterocycles. The third-order valence-corrected chi connectivity index (χ3v) is 7.53. The van der Waals surface area contributed by atoms with Crippen LogP contribution in [0.15, 0.2) is 42.0 Å². The summed E-state index contributed by atoms with van der Waals surface area (Å²) in [4.78, 5) is 14.1. The highest BCUT2D eigenvalue weighted by Gasteiger charge is 2.24. The second-order valence-corrected chi connectivity index (χ2v) is 9.52. The summed E-state index contributed by atoms with van der Waals surface area (Å²) in [5.74, 6) is -0.400. The van der Waals surface area contributed by atoms with Gasteiger partial charge in [0.05, 0.1) is 11.6 Å². The highest BCUT2D eigenvalue weighted by atomic mass is 32.1. The summed E-state index contributed by atoms with van der Waals surface area (Å²) < 4.78 is 2.09. The zero-order valence-electron chi connectivity index (χ0n) is 19.1. The van der Waals surface area contributed by atoms with Crippen LogP contribution in [0.2, 0.25) is 0 Å². The average Bonchev–Trinajstić information content (AvgIpc) is 3.33. The number of nitrogens with zero attached hydrogens (tertiary/aromatic N) is 3. The minimum absolute atomic E-state index is 0.0593. The summed E-state index contributed by atoms with van der Waals surface area (Å²) in [5, 5.41) is 23.4. The Kier molecular flexibility index (Phi) is 6.49. The first-order valence-corrected chi connectivity index (χ1v) is 12.0. The predicted octanol–water partition coefficient (Wildman–Crippen LogP) is 5.69. The van der Waals surface area contributed by atoms with Crippen LogP contribution >= 0.6 is 11.3 Å². The maximum atomic E-state index is 12.8. The number of nitriles is 2. The lowest BCUT2D eigenvalue weighted by Crippen LogP contribution is -2.27. The van der Waals surface area contributed by atoms with Crippen molar-refractivity contribution in [3.63, 3.8) is 0 Å². The number of thiophene rings is 1. The van der Waals surface area contributed by atoms with Crippen LogP contribution in [-0.4, -0.2) is 10.5 Å². The molecule has 0 saturated carbocycles. The minimum atomic E-state index is -0.400. The number of carbonyl (C=O) groups is 1. The Balaban J connectivity index is 1.66. The molecule has 1 atom stereocenters. The average molecular weight is 455 g/mol. The molecule has 0 radical (unpaired) electrons. The summed E-state index contributed by atoms with van der Waals surface area (Å²) >= 11 is 1.69. The molecule has 0 unspecified atom stereocenters. The molecule has 6 heteroatoms. The summed E-state index contributed by atoms with van der Waals surface area (Å²) in [7, 11) is 0. The molecule has 33 heavy (non-hydrogen) atoms. The Bertz CT molecular complexity index is 1310. The lowest BCUT2D eigenvalue weighted by atomic mass is 9.96. The van der Waals surface area contributed by atoms with E-state index in [1.54, 1.807) is 17.4 Å². The first-order chi connectivity index (χ1) is 15.9.